The van der Waals surface area contributed by atoms with Crippen LogP contribution in [0.4, 0.5) is 0 Å². The molecule has 0 aromatic heterocycles. The van der Waals surface area contributed by atoms with Crippen molar-refractivity contribution in [3.63, 3.8) is 0 Å². The van der Waals surface area contributed by atoms with Crippen LogP contribution in [0.15, 0.2) is 54.1 Å². The molecular formula is C18H18O. The van der Waals surface area contributed by atoms with E-state index in [-0.39, 0.29) is 0 Å². The van der Waals surface area contributed by atoms with Crippen LogP contribution in [0.5, 0.6) is 5.75 Å². The highest BCUT2D eigenvalue weighted by molar-refractivity contribution is 5.60. The number of methoxy groups -OCH3 is 1. The number of allylic oxidation sites excluding steroid dienone is 1. The van der Waals surface area contributed by atoms with E-state index in [1.807, 2.05) is 12.1 Å². The number of fused-ring (bicyclic) bond motifs is 1. The molecule has 3 rings (SSSR count). The fourth-order valence-corrected chi connectivity index (χ4v) is 2.72. The van der Waals surface area contributed by atoms with Crippen LogP contribution in [-0.2, 0) is 12.8 Å². The highest BCUT2D eigenvalue weighted by Crippen LogP contribution is 2.28. The van der Waals surface area contributed by atoms with Gasteiger partial charge < -0.3 is 4.74 Å². The van der Waals surface area contributed by atoms with Crippen molar-refractivity contribution in [2.24, 2.45) is 0 Å². The number of hydrogen-bond acceptors (Lipinski definition) is 1. The SMILES string of the molecule is COc1ccccc1CC1=Cc2ccccc2CC1. The number of aryl methyl sites for hydroxylation is 1. The first-order valence-electron chi connectivity index (χ1n) is 6.76. The number of para-hydroxylation sites is 1. The second-order valence-corrected chi connectivity index (χ2v) is 4.99. The molecule has 0 atom stereocenters. The Balaban J connectivity index is 1.87. The monoisotopic (exact) mass is 250 g/mol. The van der Waals surface area contributed by atoms with Gasteiger partial charge in [-0.2, -0.15) is 0 Å². The maximum absolute atomic E-state index is 5.43. The third-order valence-electron chi connectivity index (χ3n) is 3.74. The molecule has 1 heteroatoms. The molecule has 19 heavy (non-hydrogen) atoms. The van der Waals surface area contributed by atoms with Crippen LogP contribution < -0.4 is 4.74 Å². The van der Waals surface area contributed by atoms with Gasteiger partial charge in [0.05, 0.1) is 7.11 Å². The summed E-state index contributed by atoms with van der Waals surface area (Å²) in [5, 5.41) is 0. The second-order valence-electron chi connectivity index (χ2n) is 4.99. The zero-order valence-corrected chi connectivity index (χ0v) is 11.2. The summed E-state index contributed by atoms with van der Waals surface area (Å²) in [6.45, 7) is 0. The molecule has 0 heterocycles. The summed E-state index contributed by atoms with van der Waals surface area (Å²) < 4.78 is 5.43. The topological polar surface area (TPSA) is 9.23 Å². The van der Waals surface area contributed by atoms with Crippen LogP contribution in [0.2, 0.25) is 0 Å². The summed E-state index contributed by atoms with van der Waals surface area (Å²) in [6.07, 6.45) is 5.62. The Morgan fingerprint density at radius 2 is 1.74 bits per heavy atom. The van der Waals surface area contributed by atoms with Gasteiger partial charge in [-0.05, 0) is 42.0 Å². The van der Waals surface area contributed by atoms with Crippen molar-refractivity contribution in [2.45, 2.75) is 19.3 Å². The van der Waals surface area contributed by atoms with E-state index in [1.165, 1.54) is 22.3 Å². The molecule has 0 unspecified atom stereocenters. The van der Waals surface area contributed by atoms with Gasteiger partial charge in [-0.3, -0.25) is 0 Å². The van der Waals surface area contributed by atoms with Crippen LogP contribution in [0, 0.1) is 0 Å². The van der Waals surface area contributed by atoms with Gasteiger partial charge in [-0.25, -0.2) is 0 Å². The minimum atomic E-state index is 0.984. The summed E-state index contributed by atoms with van der Waals surface area (Å²) in [7, 11) is 1.74. The molecule has 2 aromatic rings. The number of hydrogen-bond donors (Lipinski definition) is 0. The summed E-state index contributed by atoms with van der Waals surface area (Å²) in [5.74, 6) is 0.988. The molecule has 2 aromatic carbocycles. The predicted octanol–water partition coefficient (Wildman–Crippen LogP) is 4.27. The molecule has 0 N–H and O–H groups in total. The van der Waals surface area contributed by atoms with Crippen LogP contribution in [0.25, 0.3) is 6.08 Å². The van der Waals surface area contributed by atoms with Crippen LogP contribution in [-0.4, -0.2) is 7.11 Å². The summed E-state index contributed by atoms with van der Waals surface area (Å²) in [5.41, 5.74) is 5.60. The van der Waals surface area contributed by atoms with Crippen molar-refractivity contribution >= 4 is 6.08 Å². The fraction of sp³-hybridized carbons (Fsp3) is 0.222. The number of rotatable bonds is 3. The third kappa shape index (κ3) is 2.55. The lowest BCUT2D eigenvalue weighted by molar-refractivity contribution is 0.410. The molecule has 0 spiro atoms. The molecule has 1 aliphatic rings. The van der Waals surface area contributed by atoms with E-state index in [2.05, 4.69) is 42.5 Å². The fourth-order valence-electron chi connectivity index (χ4n) is 2.72. The highest BCUT2D eigenvalue weighted by Gasteiger charge is 2.11. The maximum atomic E-state index is 5.43. The van der Waals surface area contributed by atoms with E-state index in [9.17, 15) is 0 Å². The summed E-state index contributed by atoms with van der Waals surface area (Å²) >= 11 is 0. The Hall–Kier alpha value is -2.02. The molecule has 0 fully saturated rings. The minimum absolute atomic E-state index is 0.984. The van der Waals surface area contributed by atoms with Gasteiger partial charge in [-0.15, -0.1) is 0 Å². The quantitative estimate of drug-likeness (QED) is 0.790. The predicted molar refractivity (Wildman–Crippen MR) is 79.4 cm³/mol. The zero-order valence-electron chi connectivity index (χ0n) is 11.2. The normalized spacial score (nSPS) is 13.6. The lowest BCUT2D eigenvalue weighted by Gasteiger charge is -2.17. The molecule has 0 bridgehead atoms. The average Bonchev–Trinajstić information content (AvgIpc) is 2.48. The molecule has 0 amide bonds. The average molecular weight is 250 g/mol. The lowest BCUT2D eigenvalue weighted by Crippen LogP contribution is -2.02. The smallest absolute Gasteiger partial charge is 0.122 e. The van der Waals surface area contributed by atoms with Crippen molar-refractivity contribution in [2.75, 3.05) is 7.11 Å². The van der Waals surface area contributed by atoms with Crippen molar-refractivity contribution < 1.29 is 4.74 Å². The standard InChI is InChI=1S/C18H18O/c1-19-18-9-5-4-8-17(18)13-14-10-11-15-6-2-3-7-16(15)12-14/h2-9,12H,10-11,13H2,1H3. The van der Waals surface area contributed by atoms with Gasteiger partial charge in [-0.1, -0.05) is 54.1 Å². The van der Waals surface area contributed by atoms with E-state index in [4.69, 9.17) is 4.74 Å². The largest absolute Gasteiger partial charge is 0.496 e. The van der Waals surface area contributed by atoms with Crippen molar-refractivity contribution in [1.82, 2.24) is 0 Å². The molecule has 0 aliphatic heterocycles. The van der Waals surface area contributed by atoms with Crippen LogP contribution in [0.1, 0.15) is 23.1 Å². The van der Waals surface area contributed by atoms with E-state index < -0.39 is 0 Å². The zero-order chi connectivity index (χ0) is 13.1. The van der Waals surface area contributed by atoms with Crippen molar-refractivity contribution in [3.8, 4) is 5.75 Å². The van der Waals surface area contributed by atoms with Gasteiger partial charge in [0.2, 0.25) is 0 Å². The summed E-state index contributed by atoms with van der Waals surface area (Å²) in [6, 6.07) is 17.0. The van der Waals surface area contributed by atoms with Crippen molar-refractivity contribution in [3.05, 3.63) is 70.8 Å². The highest BCUT2D eigenvalue weighted by atomic mass is 16.5. The Morgan fingerprint density at radius 3 is 2.63 bits per heavy atom. The Bertz CT molecular complexity index is 611. The Kier molecular flexibility index (Phi) is 3.37. The molecular weight excluding hydrogens is 232 g/mol. The lowest BCUT2D eigenvalue weighted by atomic mass is 9.89. The van der Waals surface area contributed by atoms with Gasteiger partial charge in [0.25, 0.3) is 0 Å². The molecule has 0 saturated carbocycles. The molecule has 1 nitrogen and oxygen atoms in total. The Labute approximate surface area is 114 Å². The van der Waals surface area contributed by atoms with Crippen LogP contribution in [0.3, 0.4) is 0 Å². The van der Waals surface area contributed by atoms with E-state index in [1.54, 1.807) is 7.11 Å². The second kappa shape index (κ2) is 5.31. The number of benzene rings is 2. The van der Waals surface area contributed by atoms with Gasteiger partial charge in [0.15, 0.2) is 0 Å². The van der Waals surface area contributed by atoms with E-state index >= 15 is 0 Å². The van der Waals surface area contributed by atoms with Gasteiger partial charge in [0, 0.05) is 0 Å². The number of ether oxygens (including phenoxy) is 1. The first-order valence-corrected chi connectivity index (χ1v) is 6.76. The van der Waals surface area contributed by atoms with E-state index in [0.29, 0.717) is 0 Å². The third-order valence-corrected chi connectivity index (χ3v) is 3.74. The minimum Gasteiger partial charge on any atom is -0.496 e. The molecule has 0 saturated heterocycles. The molecule has 1 aliphatic carbocycles. The summed E-state index contributed by atoms with van der Waals surface area (Å²) in [4.78, 5) is 0. The maximum Gasteiger partial charge on any atom is 0.122 e. The molecule has 0 radical (unpaired) electrons. The molecule has 96 valence electrons. The van der Waals surface area contributed by atoms with Crippen molar-refractivity contribution in [1.29, 1.82) is 0 Å². The van der Waals surface area contributed by atoms with Gasteiger partial charge >= 0.3 is 0 Å². The van der Waals surface area contributed by atoms with Crippen LogP contribution >= 0.6 is 0 Å². The first-order chi connectivity index (χ1) is 9.36. The van der Waals surface area contributed by atoms with E-state index in [0.717, 1.165) is 25.0 Å². The first kappa shape index (κ1) is 12.0. The van der Waals surface area contributed by atoms with Gasteiger partial charge in [0.1, 0.15) is 5.75 Å². The Morgan fingerprint density at radius 1 is 0.947 bits per heavy atom.